The molecular formula is C10H14Cl2FN2O2S2+. The number of nitrogens with one attached hydrogen (secondary N) is 1. The van der Waals surface area contributed by atoms with E-state index >= 15 is 0 Å². The molecule has 0 amide bonds. The summed E-state index contributed by atoms with van der Waals surface area (Å²) in [7, 11) is -1.39. The topological polar surface area (TPSA) is 46.2 Å². The van der Waals surface area contributed by atoms with Crippen molar-refractivity contribution in [1.82, 2.24) is 8.02 Å². The molecule has 9 heteroatoms. The van der Waals surface area contributed by atoms with Crippen LogP contribution in [0, 0.1) is 6.92 Å². The van der Waals surface area contributed by atoms with E-state index in [1.165, 1.54) is 14.1 Å². The Hall–Kier alpha value is -0.0500. The number of hydrogen-bond donors (Lipinski definition) is 1. The third-order valence-electron chi connectivity index (χ3n) is 2.50. The number of quaternary nitrogens is 1. The summed E-state index contributed by atoms with van der Waals surface area (Å²) in [6.07, 6.45) is 0. The van der Waals surface area contributed by atoms with E-state index in [0.29, 0.717) is 5.69 Å². The molecule has 0 aliphatic heterocycles. The van der Waals surface area contributed by atoms with Crippen LogP contribution in [0.4, 0.5) is 10.1 Å². The zero-order valence-corrected chi connectivity index (χ0v) is 13.7. The molecule has 0 aliphatic rings. The van der Waals surface area contributed by atoms with Gasteiger partial charge in [-0.05, 0) is 30.1 Å². The lowest BCUT2D eigenvalue weighted by Crippen LogP contribution is -2.51. The molecule has 19 heavy (non-hydrogen) atoms. The normalized spacial score (nSPS) is 16.1. The van der Waals surface area contributed by atoms with Crippen molar-refractivity contribution in [3.05, 3.63) is 29.8 Å². The van der Waals surface area contributed by atoms with E-state index in [-0.39, 0.29) is 11.9 Å². The van der Waals surface area contributed by atoms with Gasteiger partial charge in [-0.2, -0.15) is 17.5 Å². The van der Waals surface area contributed by atoms with Gasteiger partial charge in [0.25, 0.3) is 0 Å². The van der Waals surface area contributed by atoms with Gasteiger partial charge < -0.3 is 0 Å². The standard InChI is InChI=1S/C10H14Cl2FN2O2S2/c1-8-4-6-9(7-5-8)15(3,18-10(11,12)13)19(16,17)14-2/h4-7,14H,1-3H3/q+1. The second kappa shape index (κ2) is 5.75. The van der Waals surface area contributed by atoms with Crippen LogP contribution < -0.4 is 8.02 Å². The van der Waals surface area contributed by atoms with Crippen LogP contribution in [0.25, 0.3) is 0 Å². The third-order valence-corrected chi connectivity index (χ3v) is 6.13. The highest BCUT2D eigenvalue weighted by atomic mass is 35.5. The number of alkyl halides is 3. The maximum atomic E-state index is 13.5. The molecule has 0 heterocycles. The predicted molar refractivity (Wildman–Crippen MR) is 80.0 cm³/mol. The van der Waals surface area contributed by atoms with Crippen LogP contribution >= 0.6 is 35.1 Å². The molecule has 0 aliphatic carbocycles. The SMILES string of the molecule is CNS(=O)(=O)[N+](C)(SC(F)(Cl)Cl)c1ccc(C)cc1. The fourth-order valence-corrected chi connectivity index (χ4v) is 4.80. The van der Waals surface area contributed by atoms with Gasteiger partial charge in [-0.3, -0.25) is 0 Å². The molecule has 0 saturated carbocycles. The molecule has 0 saturated heterocycles. The molecule has 0 aromatic heterocycles. The summed E-state index contributed by atoms with van der Waals surface area (Å²) in [5.41, 5.74) is 1.28. The number of hydrogen-bond acceptors (Lipinski definition) is 3. The van der Waals surface area contributed by atoms with Crippen molar-refractivity contribution in [3.8, 4) is 0 Å². The van der Waals surface area contributed by atoms with Gasteiger partial charge in [-0.15, -0.1) is 3.29 Å². The van der Waals surface area contributed by atoms with Gasteiger partial charge in [0, 0.05) is 19.2 Å². The van der Waals surface area contributed by atoms with E-state index in [4.69, 9.17) is 23.2 Å². The smallest absolute Gasteiger partial charge is 0.189 e. The van der Waals surface area contributed by atoms with Gasteiger partial charge in [0.1, 0.15) is 7.05 Å². The van der Waals surface area contributed by atoms with Crippen LogP contribution in [0.5, 0.6) is 0 Å². The van der Waals surface area contributed by atoms with Crippen LogP contribution in [0.15, 0.2) is 24.3 Å². The van der Waals surface area contributed by atoms with Crippen LogP contribution in [0.2, 0.25) is 0 Å². The Labute approximate surface area is 126 Å². The number of benzene rings is 1. The minimum atomic E-state index is -3.92. The highest BCUT2D eigenvalue weighted by Crippen LogP contribution is 2.46. The predicted octanol–water partition coefficient (Wildman–Crippen LogP) is 3.10. The molecule has 0 fully saturated rings. The van der Waals surface area contributed by atoms with Gasteiger partial charge >= 0.3 is 14.1 Å². The molecule has 1 atom stereocenters. The highest BCUT2D eigenvalue weighted by molar-refractivity contribution is 8.13. The molecule has 0 bridgehead atoms. The minimum absolute atomic E-state index is 0.246. The zero-order chi connectivity index (χ0) is 14.9. The minimum Gasteiger partial charge on any atom is -0.189 e. The molecule has 0 radical (unpaired) electrons. The van der Waals surface area contributed by atoms with Crippen LogP contribution in [0.3, 0.4) is 0 Å². The average molecular weight is 348 g/mol. The van der Waals surface area contributed by atoms with Crippen LogP contribution in [0.1, 0.15) is 5.56 Å². The number of aryl methyl sites for hydroxylation is 1. The van der Waals surface area contributed by atoms with Crippen molar-refractivity contribution in [2.75, 3.05) is 14.1 Å². The van der Waals surface area contributed by atoms with Gasteiger partial charge in [-0.25, -0.2) is 0 Å². The first-order valence-corrected chi connectivity index (χ1v) is 8.14. The van der Waals surface area contributed by atoms with Gasteiger partial charge in [0.2, 0.25) is 0 Å². The summed E-state index contributed by atoms with van der Waals surface area (Å²) < 4.78 is 36.3. The molecule has 108 valence electrons. The summed E-state index contributed by atoms with van der Waals surface area (Å²) in [4.78, 5) is 0. The molecule has 1 unspecified atom stereocenters. The zero-order valence-electron chi connectivity index (χ0n) is 10.5. The Bertz CT molecular complexity index is 546. The quantitative estimate of drug-likeness (QED) is 0.505. The van der Waals surface area contributed by atoms with E-state index in [2.05, 4.69) is 4.72 Å². The van der Waals surface area contributed by atoms with Crippen molar-refractivity contribution in [2.45, 2.75) is 10.8 Å². The number of halogens is 3. The summed E-state index contributed by atoms with van der Waals surface area (Å²) in [6.45, 7) is 1.86. The highest BCUT2D eigenvalue weighted by Gasteiger charge is 2.49. The van der Waals surface area contributed by atoms with Crippen molar-refractivity contribution in [2.24, 2.45) is 0 Å². The lowest BCUT2D eigenvalue weighted by molar-refractivity contribution is 0.502. The maximum absolute atomic E-state index is 13.5. The Morgan fingerprint density at radius 2 is 1.79 bits per heavy atom. The summed E-state index contributed by atoms with van der Waals surface area (Å²) in [5, 5.41) is 0. The van der Waals surface area contributed by atoms with Crippen LogP contribution in [-0.2, 0) is 10.2 Å². The van der Waals surface area contributed by atoms with Gasteiger partial charge in [0.05, 0.1) is 0 Å². The molecule has 1 aromatic rings. The Morgan fingerprint density at radius 3 is 2.16 bits per heavy atom. The molecule has 0 spiro atoms. The van der Waals surface area contributed by atoms with E-state index in [1.807, 2.05) is 6.92 Å². The third kappa shape index (κ3) is 3.96. The molecule has 1 rings (SSSR count). The van der Waals surface area contributed by atoms with Crippen LogP contribution in [-0.4, -0.2) is 26.4 Å². The Kier molecular flexibility index (Phi) is 5.14. The number of rotatable bonds is 5. The second-order valence-electron chi connectivity index (χ2n) is 3.90. The fourth-order valence-electron chi connectivity index (χ4n) is 1.43. The Balaban J connectivity index is 3.39. The largest absolute Gasteiger partial charge is 0.385 e. The van der Waals surface area contributed by atoms with E-state index in [0.717, 1.165) is 5.56 Å². The molecule has 1 N–H and O–H groups in total. The fraction of sp³-hybridized carbons (Fsp3) is 0.400. The molecular weight excluding hydrogens is 334 g/mol. The second-order valence-corrected chi connectivity index (χ2v) is 9.38. The van der Waals surface area contributed by atoms with E-state index < -0.39 is 17.4 Å². The lowest BCUT2D eigenvalue weighted by Gasteiger charge is -2.30. The molecule has 4 nitrogen and oxygen atoms in total. The molecule has 1 aromatic carbocycles. The van der Waals surface area contributed by atoms with Crippen molar-refractivity contribution >= 4 is 51.0 Å². The maximum Gasteiger partial charge on any atom is 0.385 e. The average Bonchev–Trinajstić information content (AvgIpc) is 2.27. The van der Waals surface area contributed by atoms with E-state index in [1.54, 1.807) is 24.3 Å². The van der Waals surface area contributed by atoms with Crippen molar-refractivity contribution in [1.29, 1.82) is 0 Å². The summed E-state index contributed by atoms with van der Waals surface area (Å²) in [5.74, 6) is 0. The summed E-state index contributed by atoms with van der Waals surface area (Å²) >= 11 is 10.9. The monoisotopic (exact) mass is 347 g/mol. The first-order chi connectivity index (χ1) is 8.52. The summed E-state index contributed by atoms with van der Waals surface area (Å²) in [6, 6.07) is 6.60. The van der Waals surface area contributed by atoms with Crippen molar-refractivity contribution < 1.29 is 12.8 Å². The lowest BCUT2D eigenvalue weighted by atomic mass is 10.2. The van der Waals surface area contributed by atoms with Crippen molar-refractivity contribution in [3.63, 3.8) is 0 Å². The first kappa shape index (κ1) is 17.0. The Morgan fingerprint density at radius 1 is 1.32 bits per heavy atom. The number of nitrogens with zero attached hydrogens (tertiary/aromatic N) is 1. The van der Waals surface area contributed by atoms with Gasteiger partial charge in [-0.1, -0.05) is 17.7 Å². The van der Waals surface area contributed by atoms with Gasteiger partial charge in [0.15, 0.2) is 17.6 Å². The first-order valence-electron chi connectivity index (χ1n) is 5.17. The van der Waals surface area contributed by atoms with E-state index in [9.17, 15) is 12.8 Å².